The number of benzene rings is 3. The molecule has 0 spiro atoms. The second kappa shape index (κ2) is 9.04. The number of carbonyl (C=O) groups is 2. The van der Waals surface area contributed by atoms with Crippen molar-refractivity contribution in [1.29, 1.82) is 0 Å². The Morgan fingerprint density at radius 3 is 2.55 bits per heavy atom. The molecule has 33 heavy (non-hydrogen) atoms. The number of amides is 2. The van der Waals surface area contributed by atoms with E-state index in [1.807, 2.05) is 54.6 Å². The monoisotopic (exact) mass is 462 g/mol. The van der Waals surface area contributed by atoms with Crippen LogP contribution in [-0.4, -0.2) is 56.5 Å². The Kier molecular flexibility index (Phi) is 5.96. The highest BCUT2D eigenvalue weighted by Gasteiger charge is 2.36. The van der Waals surface area contributed by atoms with Crippen LogP contribution >= 0.6 is 11.6 Å². The van der Waals surface area contributed by atoms with Crippen LogP contribution in [0.1, 0.15) is 6.42 Å². The van der Waals surface area contributed by atoms with Crippen molar-refractivity contribution in [2.45, 2.75) is 6.42 Å². The molecule has 7 heteroatoms. The van der Waals surface area contributed by atoms with Crippen molar-refractivity contribution in [3.05, 3.63) is 65.7 Å². The molecule has 3 aromatic carbocycles. The van der Waals surface area contributed by atoms with E-state index in [9.17, 15) is 9.59 Å². The molecule has 2 saturated heterocycles. The molecule has 3 aromatic rings. The molecule has 2 heterocycles. The van der Waals surface area contributed by atoms with E-state index < -0.39 is 5.92 Å². The SMILES string of the molecule is CN1CCN(c2ccc(Cl)cc2NC(=O)C2CC(=O)N(c3cccc4ccccc34)C2)CC1. The minimum absolute atomic E-state index is 0.0307. The summed E-state index contributed by atoms with van der Waals surface area (Å²) in [5, 5.41) is 5.74. The van der Waals surface area contributed by atoms with Crippen molar-refractivity contribution < 1.29 is 9.59 Å². The van der Waals surface area contributed by atoms with Gasteiger partial charge in [-0.3, -0.25) is 9.59 Å². The van der Waals surface area contributed by atoms with Crippen LogP contribution in [0.15, 0.2) is 60.7 Å². The molecule has 2 fully saturated rings. The van der Waals surface area contributed by atoms with Crippen LogP contribution in [0.2, 0.25) is 5.02 Å². The lowest BCUT2D eigenvalue weighted by Gasteiger charge is -2.35. The summed E-state index contributed by atoms with van der Waals surface area (Å²) in [5.41, 5.74) is 2.53. The van der Waals surface area contributed by atoms with Gasteiger partial charge in [0.15, 0.2) is 0 Å². The zero-order valence-corrected chi connectivity index (χ0v) is 19.4. The normalized spacial score (nSPS) is 19.3. The van der Waals surface area contributed by atoms with Crippen LogP contribution in [0.25, 0.3) is 10.8 Å². The molecule has 0 aliphatic carbocycles. The zero-order valence-electron chi connectivity index (χ0n) is 18.6. The van der Waals surface area contributed by atoms with E-state index in [4.69, 9.17) is 11.6 Å². The highest BCUT2D eigenvalue weighted by atomic mass is 35.5. The Labute approximate surface area is 198 Å². The van der Waals surface area contributed by atoms with E-state index in [0.29, 0.717) is 17.3 Å². The number of likely N-dealkylation sites (N-methyl/N-ethyl adjacent to an activating group) is 1. The van der Waals surface area contributed by atoms with Gasteiger partial charge in [-0.15, -0.1) is 0 Å². The number of carbonyl (C=O) groups excluding carboxylic acids is 2. The lowest BCUT2D eigenvalue weighted by Crippen LogP contribution is -2.44. The molecule has 5 rings (SSSR count). The average molecular weight is 463 g/mol. The van der Waals surface area contributed by atoms with Crippen molar-refractivity contribution in [2.75, 3.05) is 54.9 Å². The third kappa shape index (κ3) is 4.41. The van der Waals surface area contributed by atoms with Gasteiger partial charge in [-0.1, -0.05) is 48.0 Å². The Hall–Kier alpha value is -3.09. The van der Waals surface area contributed by atoms with E-state index in [2.05, 4.69) is 22.2 Å². The number of nitrogens with zero attached hydrogens (tertiary/aromatic N) is 3. The average Bonchev–Trinajstić information content (AvgIpc) is 3.21. The highest BCUT2D eigenvalue weighted by Crippen LogP contribution is 2.34. The Balaban J connectivity index is 1.35. The Morgan fingerprint density at radius 2 is 1.73 bits per heavy atom. The Bertz CT molecular complexity index is 1200. The van der Waals surface area contributed by atoms with Crippen LogP contribution in [-0.2, 0) is 9.59 Å². The first-order valence-electron chi connectivity index (χ1n) is 11.3. The minimum Gasteiger partial charge on any atom is -0.367 e. The maximum atomic E-state index is 13.2. The van der Waals surface area contributed by atoms with E-state index in [0.717, 1.165) is 48.3 Å². The number of fused-ring (bicyclic) bond motifs is 1. The summed E-state index contributed by atoms with van der Waals surface area (Å²) in [6.45, 7) is 4.07. The number of nitrogens with one attached hydrogen (secondary N) is 1. The van der Waals surface area contributed by atoms with Crippen molar-refractivity contribution in [1.82, 2.24) is 4.90 Å². The van der Waals surface area contributed by atoms with Gasteiger partial charge >= 0.3 is 0 Å². The number of anilines is 3. The smallest absolute Gasteiger partial charge is 0.229 e. The van der Waals surface area contributed by atoms with Crippen LogP contribution in [0, 0.1) is 5.92 Å². The molecule has 0 aromatic heterocycles. The standard InChI is InChI=1S/C26H27ClN4O2/c1-29-11-13-30(14-12-29)24-10-9-20(27)16-22(24)28-26(33)19-15-25(32)31(17-19)23-8-4-6-18-5-2-3-7-21(18)23/h2-10,16,19H,11-15,17H2,1H3,(H,28,33). The van der Waals surface area contributed by atoms with Gasteiger partial charge in [0, 0.05) is 49.6 Å². The summed E-state index contributed by atoms with van der Waals surface area (Å²) in [4.78, 5) is 32.4. The van der Waals surface area contributed by atoms with E-state index in [1.165, 1.54) is 0 Å². The lowest BCUT2D eigenvalue weighted by molar-refractivity contribution is -0.122. The number of halogens is 1. The number of hydrogen-bond acceptors (Lipinski definition) is 4. The molecule has 1 atom stereocenters. The summed E-state index contributed by atoms with van der Waals surface area (Å²) >= 11 is 6.26. The first-order valence-corrected chi connectivity index (χ1v) is 11.7. The first kappa shape index (κ1) is 21.7. The third-order valence-electron chi connectivity index (χ3n) is 6.61. The van der Waals surface area contributed by atoms with Crippen molar-refractivity contribution in [3.8, 4) is 0 Å². The second-order valence-corrected chi connectivity index (χ2v) is 9.28. The second-order valence-electron chi connectivity index (χ2n) is 8.84. The predicted molar refractivity (Wildman–Crippen MR) is 134 cm³/mol. The van der Waals surface area contributed by atoms with Crippen LogP contribution < -0.4 is 15.1 Å². The van der Waals surface area contributed by atoms with Crippen LogP contribution in [0.5, 0.6) is 0 Å². The molecule has 2 aliphatic heterocycles. The number of piperazine rings is 1. The molecule has 1 unspecified atom stereocenters. The van der Waals surface area contributed by atoms with Gasteiger partial charge in [0.05, 0.1) is 23.0 Å². The van der Waals surface area contributed by atoms with Crippen molar-refractivity contribution in [2.24, 2.45) is 5.92 Å². The third-order valence-corrected chi connectivity index (χ3v) is 6.85. The zero-order chi connectivity index (χ0) is 22.9. The quantitative estimate of drug-likeness (QED) is 0.630. The predicted octanol–water partition coefficient (Wildman–Crippen LogP) is 4.24. The van der Waals surface area contributed by atoms with Gasteiger partial charge in [0.2, 0.25) is 11.8 Å². The fourth-order valence-corrected chi connectivity index (χ4v) is 4.90. The first-order chi connectivity index (χ1) is 16.0. The summed E-state index contributed by atoms with van der Waals surface area (Å²) in [6, 6.07) is 19.5. The van der Waals surface area contributed by atoms with Crippen LogP contribution in [0.4, 0.5) is 17.1 Å². The summed E-state index contributed by atoms with van der Waals surface area (Å²) in [7, 11) is 2.11. The van der Waals surface area contributed by atoms with E-state index >= 15 is 0 Å². The molecule has 0 radical (unpaired) electrons. The van der Waals surface area contributed by atoms with Gasteiger partial charge in [0.25, 0.3) is 0 Å². The van der Waals surface area contributed by atoms with Gasteiger partial charge < -0.3 is 20.0 Å². The molecule has 2 aliphatic rings. The highest BCUT2D eigenvalue weighted by molar-refractivity contribution is 6.31. The van der Waals surface area contributed by atoms with E-state index in [-0.39, 0.29) is 18.2 Å². The fraction of sp³-hybridized carbons (Fsp3) is 0.308. The molecular weight excluding hydrogens is 436 g/mol. The summed E-state index contributed by atoms with van der Waals surface area (Å²) in [6.07, 6.45) is 0.194. The molecule has 2 amide bonds. The van der Waals surface area contributed by atoms with E-state index in [1.54, 1.807) is 11.0 Å². The summed E-state index contributed by atoms with van der Waals surface area (Å²) < 4.78 is 0. The maximum absolute atomic E-state index is 13.2. The topological polar surface area (TPSA) is 55.9 Å². The molecule has 1 N–H and O–H groups in total. The van der Waals surface area contributed by atoms with Gasteiger partial charge in [-0.25, -0.2) is 0 Å². The van der Waals surface area contributed by atoms with Gasteiger partial charge in [-0.05, 0) is 36.7 Å². The fourth-order valence-electron chi connectivity index (χ4n) is 4.73. The largest absolute Gasteiger partial charge is 0.367 e. The molecule has 170 valence electrons. The Morgan fingerprint density at radius 1 is 0.970 bits per heavy atom. The maximum Gasteiger partial charge on any atom is 0.229 e. The molecule has 0 saturated carbocycles. The van der Waals surface area contributed by atoms with Gasteiger partial charge in [-0.2, -0.15) is 0 Å². The number of rotatable bonds is 4. The molecule has 6 nitrogen and oxygen atoms in total. The van der Waals surface area contributed by atoms with Crippen molar-refractivity contribution >= 4 is 51.2 Å². The number of hydrogen-bond donors (Lipinski definition) is 1. The minimum atomic E-state index is -0.421. The van der Waals surface area contributed by atoms with Gasteiger partial charge in [0.1, 0.15) is 0 Å². The van der Waals surface area contributed by atoms with Crippen molar-refractivity contribution in [3.63, 3.8) is 0 Å². The van der Waals surface area contributed by atoms with Crippen LogP contribution in [0.3, 0.4) is 0 Å². The lowest BCUT2D eigenvalue weighted by atomic mass is 10.1. The molecular formula is C26H27ClN4O2. The summed E-state index contributed by atoms with van der Waals surface area (Å²) in [5.74, 6) is -0.601. The molecule has 0 bridgehead atoms.